The van der Waals surface area contributed by atoms with E-state index in [0.717, 1.165) is 24.8 Å². The molecule has 1 saturated heterocycles. The summed E-state index contributed by atoms with van der Waals surface area (Å²) >= 11 is 1.22. The van der Waals surface area contributed by atoms with Gasteiger partial charge in [0.25, 0.3) is 15.9 Å². The number of carbonyl (C=O) groups excluding carboxylic acids is 1. The first-order valence-electron chi connectivity index (χ1n) is 11.6. The second-order valence-electron chi connectivity index (χ2n) is 9.01. The van der Waals surface area contributed by atoms with E-state index in [2.05, 4.69) is 10.8 Å². The minimum absolute atomic E-state index is 0.0215. The van der Waals surface area contributed by atoms with Crippen LogP contribution in [0.4, 0.5) is 0 Å². The molecule has 10 heteroatoms. The van der Waals surface area contributed by atoms with Crippen molar-refractivity contribution in [3.05, 3.63) is 65.2 Å². The summed E-state index contributed by atoms with van der Waals surface area (Å²) in [6.45, 7) is 1.20. The van der Waals surface area contributed by atoms with Gasteiger partial charge in [-0.05, 0) is 55.2 Å². The number of piperidine rings is 1. The maximum Gasteiger partial charge on any atom is 0.269 e. The molecule has 2 aromatic rings. The van der Waals surface area contributed by atoms with E-state index >= 15 is 0 Å². The molecule has 2 unspecified atom stereocenters. The van der Waals surface area contributed by atoms with Crippen LogP contribution in [0.3, 0.4) is 0 Å². The number of hydrogen-bond donors (Lipinski definition) is 2. The maximum absolute atomic E-state index is 12.9. The fourth-order valence-corrected chi connectivity index (χ4v) is 7.38. The van der Waals surface area contributed by atoms with Crippen molar-refractivity contribution in [1.82, 2.24) is 15.1 Å². The highest BCUT2D eigenvalue weighted by Crippen LogP contribution is 2.34. The normalized spacial score (nSPS) is 24.6. The van der Waals surface area contributed by atoms with Crippen LogP contribution in [0, 0.1) is 0 Å². The van der Waals surface area contributed by atoms with Gasteiger partial charge in [-0.25, -0.2) is 8.42 Å². The van der Waals surface area contributed by atoms with Crippen LogP contribution in [0.1, 0.15) is 37.7 Å². The van der Waals surface area contributed by atoms with Crippen LogP contribution < -0.4 is 10.8 Å². The molecular weight excluding hydrogens is 474 g/mol. The van der Waals surface area contributed by atoms with Gasteiger partial charge in [-0.1, -0.05) is 36.4 Å². The van der Waals surface area contributed by atoms with E-state index < -0.39 is 15.6 Å². The van der Waals surface area contributed by atoms with Crippen LogP contribution >= 0.6 is 11.3 Å². The van der Waals surface area contributed by atoms with E-state index in [1.165, 1.54) is 15.6 Å². The molecule has 1 amide bonds. The molecule has 2 fully saturated rings. The quantitative estimate of drug-likeness (QED) is 0.603. The maximum atomic E-state index is 12.9. The van der Waals surface area contributed by atoms with E-state index in [1.807, 2.05) is 36.4 Å². The Morgan fingerprint density at radius 1 is 1.18 bits per heavy atom. The van der Waals surface area contributed by atoms with Crippen molar-refractivity contribution < 1.29 is 22.8 Å². The summed E-state index contributed by atoms with van der Waals surface area (Å²) in [7, 11) is -3.48. The molecule has 2 N–H and O–H groups in total. The second-order valence-corrected chi connectivity index (χ2v) is 12.1. The topological polar surface area (TPSA) is 97.0 Å². The number of amides is 1. The van der Waals surface area contributed by atoms with Crippen LogP contribution in [0.15, 0.2) is 63.8 Å². The van der Waals surface area contributed by atoms with Gasteiger partial charge in [-0.15, -0.1) is 11.3 Å². The van der Waals surface area contributed by atoms with Crippen molar-refractivity contribution in [2.24, 2.45) is 0 Å². The van der Waals surface area contributed by atoms with Crippen molar-refractivity contribution in [3.8, 4) is 0 Å². The zero-order valence-electron chi connectivity index (χ0n) is 18.8. The fourth-order valence-electron chi connectivity index (χ4n) is 4.79. The smallest absolute Gasteiger partial charge is 0.269 e. The van der Waals surface area contributed by atoms with Crippen molar-refractivity contribution in [3.63, 3.8) is 0 Å². The Hall–Kier alpha value is -2.24. The van der Waals surface area contributed by atoms with Crippen LogP contribution in [-0.4, -0.2) is 49.5 Å². The molecule has 1 aromatic carbocycles. The molecule has 2 aliphatic heterocycles. The van der Waals surface area contributed by atoms with Crippen LogP contribution in [0.25, 0.3) is 0 Å². The number of nitrogens with zero attached hydrogens (tertiary/aromatic N) is 1. The Kier molecular flexibility index (Phi) is 6.76. The van der Waals surface area contributed by atoms with E-state index in [4.69, 9.17) is 9.57 Å². The summed E-state index contributed by atoms with van der Waals surface area (Å²) in [5.74, 6) is -0.217. The highest BCUT2D eigenvalue weighted by atomic mass is 32.2. The van der Waals surface area contributed by atoms with Crippen LogP contribution in [0.5, 0.6) is 0 Å². The van der Waals surface area contributed by atoms with Gasteiger partial charge in [0.15, 0.2) is 0 Å². The first-order valence-corrected chi connectivity index (χ1v) is 13.9. The minimum Gasteiger partial charge on any atom is -0.371 e. The Morgan fingerprint density at radius 2 is 1.97 bits per heavy atom. The van der Waals surface area contributed by atoms with Gasteiger partial charge >= 0.3 is 0 Å². The van der Waals surface area contributed by atoms with E-state index in [9.17, 15) is 13.2 Å². The molecule has 0 bridgehead atoms. The molecule has 2 atom stereocenters. The summed E-state index contributed by atoms with van der Waals surface area (Å²) in [5, 5.41) is 4.86. The highest BCUT2D eigenvalue weighted by molar-refractivity contribution is 7.91. The van der Waals surface area contributed by atoms with Gasteiger partial charge in [0.2, 0.25) is 0 Å². The lowest BCUT2D eigenvalue weighted by atomic mass is 9.92. The molecule has 0 radical (unpaired) electrons. The van der Waals surface area contributed by atoms with Crippen molar-refractivity contribution in [2.75, 3.05) is 13.1 Å². The Morgan fingerprint density at radius 3 is 2.71 bits per heavy atom. The molecule has 3 aliphatic rings. The third-order valence-corrected chi connectivity index (χ3v) is 10.0. The van der Waals surface area contributed by atoms with E-state index in [0.29, 0.717) is 42.4 Å². The summed E-state index contributed by atoms with van der Waals surface area (Å²) in [6.07, 6.45) is 5.55. The van der Waals surface area contributed by atoms with Gasteiger partial charge in [0.05, 0.1) is 18.8 Å². The van der Waals surface area contributed by atoms with Crippen molar-refractivity contribution >= 4 is 27.3 Å². The predicted octanol–water partition coefficient (Wildman–Crippen LogP) is 2.94. The third-order valence-electron chi connectivity index (χ3n) is 6.75. The Balaban J connectivity index is 1.16. The largest absolute Gasteiger partial charge is 0.371 e. The second kappa shape index (κ2) is 9.79. The minimum atomic E-state index is -3.48. The molecular formula is C24H29N3O5S2. The van der Waals surface area contributed by atoms with Crippen LogP contribution in [-0.2, 0) is 31.0 Å². The average molecular weight is 504 g/mol. The highest BCUT2D eigenvalue weighted by Gasteiger charge is 2.43. The molecule has 1 spiro atoms. The number of benzene rings is 1. The molecule has 5 rings (SSSR count). The molecule has 1 saturated carbocycles. The van der Waals surface area contributed by atoms with E-state index in [-0.39, 0.29) is 18.1 Å². The summed E-state index contributed by atoms with van der Waals surface area (Å²) < 4.78 is 33.5. The molecule has 182 valence electrons. The average Bonchev–Trinajstić information content (AvgIpc) is 3.61. The number of ether oxygens (including phenoxy) is 1. The number of thiophene rings is 1. The Labute approximate surface area is 203 Å². The zero-order valence-corrected chi connectivity index (χ0v) is 20.4. The Bertz CT molecular complexity index is 1130. The van der Waals surface area contributed by atoms with Gasteiger partial charge in [0.1, 0.15) is 15.5 Å². The van der Waals surface area contributed by atoms with Gasteiger partial charge in [-0.3, -0.25) is 15.1 Å². The lowest BCUT2D eigenvalue weighted by molar-refractivity contribution is -0.121. The predicted molar refractivity (Wildman–Crippen MR) is 128 cm³/mol. The number of hydrogen-bond acceptors (Lipinski definition) is 7. The molecule has 1 aromatic heterocycles. The van der Waals surface area contributed by atoms with Gasteiger partial charge in [-0.2, -0.15) is 4.31 Å². The molecule has 1 aliphatic carbocycles. The fraction of sp³-hybridized carbons (Fsp3) is 0.458. The zero-order chi connectivity index (χ0) is 23.6. The number of rotatable bonds is 7. The van der Waals surface area contributed by atoms with E-state index in [1.54, 1.807) is 17.5 Å². The first kappa shape index (κ1) is 23.5. The lowest BCUT2D eigenvalue weighted by Crippen LogP contribution is -2.46. The van der Waals surface area contributed by atoms with Gasteiger partial charge in [0, 0.05) is 13.1 Å². The number of sulfonamides is 1. The summed E-state index contributed by atoms with van der Waals surface area (Å²) in [5.41, 5.74) is 3.60. The monoisotopic (exact) mass is 503 g/mol. The standard InChI is InChI=1S/C24H29N3O5S2/c28-23(25-19-8-4-9-21(19)31-17-18-6-2-1-3-7-18)20-16-24(32-26-20)11-13-27(14-12-24)34(29,30)22-10-5-15-33-22/h1-3,5-7,10,15-16,19,21,26H,4,8-9,11-14,17H2,(H,25,28). The number of nitrogens with one attached hydrogen (secondary N) is 2. The molecule has 34 heavy (non-hydrogen) atoms. The SMILES string of the molecule is O=C(NC1CCCC1OCc1ccccc1)C1=CC2(CCN(S(=O)(=O)c3cccs3)CC2)ON1. The lowest BCUT2D eigenvalue weighted by Gasteiger charge is -2.35. The van der Waals surface area contributed by atoms with Crippen molar-refractivity contribution in [1.29, 1.82) is 0 Å². The molecule has 8 nitrogen and oxygen atoms in total. The summed E-state index contributed by atoms with van der Waals surface area (Å²) in [6, 6.07) is 13.3. The first-order chi connectivity index (χ1) is 16.5. The number of hydroxylamine groups is 1. The molecule has 3 heterocycles. The third kappa shape index (κ3) is 4.92. The number of carbonyl (C=O) groups is 1. The van der Waals surface area contributed by atoms with Crippen LogP contribution in [0.2, 0.25) is 0 Å². The van der Waals surface area contributed by atoms with Crippen molar-refractivity contribution in [2.45, 2.75) is 60.7 Å². The van der Waals surface area contributed by atoms with Gasteiger partial charge < -0.3 is 10.1 Å². The summed E-state index contributed by atoms with van der Waals surface area (Å²) in [4.78, 5) is 18.8.